The maximum Gasteiger partial charge on any atom is 4.00 e. The molecule has 3 heteroatoms. The van der Waals surface area contributed by atoms with Crippen molar-refractivity contribution in [1.82, 2.24) is 0 Å². The van der Waals surface area contributed by atoms with Crippen molar-refractivity contribution < 1.29 is 50.7 Å². The molecule has 2 rings (SSSR count). The standard InChI is InChI=1S/C19H26.2ClH.Hf/c1-12-9-18(7,16(5)14(12)3)11-19(8)10-13(2)15(4)17(19)6;;;/h11H2,1-8H3;2*1H;/q-2;;;+4/p-2. The molecule has 22 heavy (non-hydrogen) atoms. The summed E-state index contributed by atoms with van der Waals surface area (Å²) in [5, 5.41) is 0. The quantitative estimate of drug-likeness (QED) is 0.355. The number of halogens is 2. The summed E-state index contributed by atoms with van der Waals surface area (Å²) in [6, 6.07) is 0. The first kappa shape index (κ1) is 24.7. The van der Waals surface area contributed by atoms with E-state index in [1.807, 2.05) is 0 Å². The van der Waals surface area contributed by atoms with Gasteiger partial charge in [-0.1, -0.05) is 58.8 Å². The molecule has 0 aromatic carbocycles. The molecule has 0 saturated heterocycles. The Bertz CT molecular complexity index is 516. The van der Waals surface area contributed by atoms with Gasteiger partial charge in [-0.25, -0.2) is 11.1 Å². The van der Waals surface area contributed by atoms with Crippen molar-refractivity contribution in [2.24, 2.45) is 10.8 Å². The molecule has 0 nitrogen and oxygen atoms in total. The number of rotatable bonds is 2. The van der Waals surface area contributed by atoms with Crippen LogP contribution in [0.1, 0.15) is 61.8 Å². The molecule has 0 heterocycles. The largest absolute Gasteiger partial charge is 4.00 e. The molecule has 2 aliphatic carbocycles. The molecule has 2 aliphatic rings. The van der Waals surface area contributed by atoms with Crippen molar-refractivity contribution >= 4 is 0 Å². The Balaban J connectivity index is 0. The van der Waals surface area contributed by atoms with Gasteiger partial charge in [0.2, 0.25) is 0 Å². The minimum absolute atomic E-state index is 0. The van der Waals surface area contributed by atoms with Gasteiger partial charge in [0.15, 0.2) is 0 Å². The van der Waals surface area contributed by atoms with Crippen molar-refractivity contribution in [3.05, 3.63) is 45.6 Å². The van der Waals surface area contributed by atoms with Crippen LogP contribution in [0.2, 0.25) is 0 Å². The third-order valence-corrected chi connectivity index (χ3v) is 5.54. The second-order valence-corrected chi connectivity index (χ2v) is 6.84. The molecule has 0 bridgehead atoms. The summed E-state index contributed by atoms with van der Waals surface area (Å²) in [6.45, 7) is 18.0. The first-order valence-electron chi connectivity index (χ1n) is 7.21. The van der Waals surface area contributed by atoms with Gasteiger partial charge in [-0.2, -0.15) is 22.3 Å². The van der Waals surface area contributed by atoms with E-state index in [0.29, 0.717) is 0 Å². The van der Waals surface area contributed by atoms with E-state index in [-0.39, 0.29) is 61.5 Å². The van der Waals surface area contributed by atoms with Crippen molar-refractivity contribution in [2.75, 3.05) is 0 Å². The van der Waals surface area contributed by atoms with Crippen LogP contribution in [0.15, 0.2) is 33.4 Å². The SMILES string of the molecule is CC1=[C-]C(C)(CC2(C)[C-]=C(C)C(C)=C2C)C(C)=C1C.[Cl-].[Cl-].[Hf+4]. The molecule has 0 aromatic heterocycles. The van der Waals surface area contributed by atoms with E-state index in [4.69, 9.17) is 0 Å². The van der Waals surface area contributed by atoms with Crippen molar-refractivity contribution in [3.63, 3.8) is 0 Å². The zero-order valence-corrected chi connectivity index (χ0v) is 20.1. The van der Waals surface area contributed by atoms with Crippen LogP contribution in [0.3, 0.4) is 0 Å². The summed E-state index contributed by atoms with van der Waals surface area (Å²) in [5.41, 5.74) is 8.54. The van der Waals surface area contributed by atoms with Gasteiger partial charge < -0.3 is 24.8 Å². The maximum absolute atomic E-state index is 3.70. The Morgan fingerprint density at radius 1 is 0.682 bits per heavy atom. The molecule has 0 radical (unpaired) electrons. The maximum atomic E-state index is 3.70. The van der Waals surface area contributed by atoms with E-state index < -0.39 is 0 Å². The fraction of sp³-hybridized carbons (Fsp3) is 0.579. The van der Waals surface area contributed by atoms with Gasteiger partial charge in [0.25, 0.3) is 0 Å². The molecule has 120 valence electrons. The Hall–Kier alpha value is 0.410. The molecule has 0 aromatic rings. The molecule has 0 N–H and O–H groups in total. The summed E-state index contributed by atoms with van der Waals surface area (Å²) in [5.74, 6) is 0. The van der Waals surface area contributed by atoms with Crippen LogP contribution in [0.25, 0.3) is 0 Å². The Labute approximate surface area is 168 Å². The van der Waals surface area contributed by atoms with Gasteiger partial charge in [0, 0.05) is 0 Å². The minimum atomic E-state index is 0. The van der Waals surface area contributed by atoms with Crippen LogP contribution in [0, 0.1) is 23.0 Å². The Morgan fingerprint density at radius 2 is 0.955 bits per heavy atom. The van der Waals surface area contributed by atoms with Gasteiger partial charge in [-0.15, -0.1) is 13.8 Å². The second kappa shape index (κ2) is 7.99. The van der Waals surface area contributed by atoms with Crippen LogP contribution in [0.5, 0.6) is 0 Å². The first-order chi connectivity index (χ1) is 8.61. The van der Waals surface area contributed by atoms with E-state index in [0.717, 1.165) is 6.42 Å². The molecular weight excluding hydrogens is 478 g/mol. The van der Waals surface area contributed by atoms with Crippen LogP contribution < -0.4 is 24.8 Å². The third-order valence-electron chi connectivity index (χ3n) is 5.54. The van der Waals surface area contributed by atoms with Gasteiger partial charge in [-0.3, -0.25) is 12.2 Å². The molecule has 2 atom stereocenters. The number of hydrogen-bond donors (Lipinski definition) is 0. The predicted octanol–water partition coefficient (Wildman–Crippen LogP) is -0.406. The predicted molar refractivity (Wildman–Crippen MR) is 82.4 cm³/mol. The van der Waals surface area contributed by atoms with Crippen molar-refractivity contribution in [1.29, 1.82) is 0 Å². The van der Waals surface area contributed by atoms with E-state index in [9.17, 15) is 0 Å². The van der Waals surface area contributed by atoms with E-state index in [1.165, 1.54) is 33.4 Å². The third kappa shape index (κ3) is 3.90. The normalized spacial score (nSPS) is 30.4. The average Bonchev–Trinajstić information content (AvgIpc) is 2.61. The van der Waals surface area contributed by atoms with Gasteiger partial charge in [0.05, 0.1) is 0 Å². The van der Waals surface area contributed by atoms with E-state index in [2.05, 4.69) is 67.5 Å². The fourth-order valence-corrected chi connectivity index (χ4v) is 3.65. The Kier molecular flexibility index (Phi) is 8.96. The fourth-order valence-electron chi connectivity index (χ4n) is 3.65. The molecule has 0 saturated carbocycles. The molecule has 0 spiro atoms. The zero-order valence-electron chi connectivity index (χ0n) is 15.0. The average molecular weight is 504 g/mol. The molecule has 2 unspecified atom stereocenters. The van der Waals surface area contributed by atoms with E-state index in [1.54, 1.807) is 0 Å². The smallest absolute Gasteiger partial charge is 1.00 e. The van der Waals surface area contributed by atoms with Crippen LogP contribution in [-0.4, -0.2) is 0 Å². The molecular formula is C19H26Cl2Hf. The van der Waals surface area contributed by atoms with Crippen LogP contribution >= 0.6 is 0 Å². The van der Waals surface area contributed by atoms with Crippen molar-refractivity contribution in [2.45, 2.75) is 61.8 Å². The summed E-state index contributed by atoms with van der Waals surface area (Å²) >= 11 is 0. The second-order valence-electron chi connectivity index (χ2n) is 6.84. The van der Waals surface area contributed by atoms with E-state index >= 15 is 0 Å². The topological polar surface area (TPSA) is 0 Å². The molecule has 0 amide bonds. The van der Waals surface area contributed by atoms with Crippen LogP contribution in [0.4, 0.5) is 0 Å². The summed E-state index contributed by atoms with van der Waals surface area (Å²) in [6.07, 6.45) is 8.48. The number of allylic oxidation sites excluding steroid dienone is 8. The molecule has 0 aliphatic heterocycles. The first-order valence-corrected chi connectivity index (χ1v) is 7.21. The van der Waals surface area contributed by atoms with Gasteiger partial charge >= 0.3 is 25.8 Å². The van der Waals surface area contributed by atoms with Crippen molar-refractivity contribution in [3.8, 4) is 0 Å². The summed E-state index contributed by atoms with van der Waals surface area (Å²) < 4.78 is 0. The van der Waals surface area contributed by atoms with Gasteiger partial charge in [-0.05, 0) is 0 Å². The number of hydrogen-bond acceptors (Lipinski definition) is 0. The minimum Gasteiger partial charge on any atom is -1.00 e. The van der Waals surface area contributed by atoms with Gasteiger partial charge in [0.1, 0.15) is 0 Å². The summed E-state index contributed by atoms with van der Waals surface area (Å²) in [7, 11) is 0. The zero-order chi connectivity index (χ0) is 14.6. The Morgan fingerprint density at radius 3 is 1.14 bits per heavy atom. The van der Waals surface area contributed by atoms with Crippen LogP contribution in [-0.2, 0) is 25.8 Å². The molecule has 0 fully saturated rings. The summed E-state index contributed by atoms with van der Waals surface area (Å²) in [4.78, 5) is 0. The monoisotopic (exact) mass is 504 g/mol.